The molecule has 1 aliphatic heterocycles. The van der Waals surface area contributed by atoms with Crippen molar-refractivity contribution in [3.8, 4) is 5.75 Å². The van der Waals surface area contributed by atoms with Crippen LogP contribution < -0.4 is 4.74 Å². The minimum absolute atomic E-state index is 0.0572. The molecule has 0 saturated heterocycles. The minimum Gasteiger partial charge on any atom is -0.494 e. The van der Waals surface area contributed by atoms with Gasteiger partial charge in [-0.25, -0.2) is 4.99 Å². The largest absolute Gasteiger partial charge is 0.494 e. The average molecular weight is 648 g/mol. The molecule has 7 rings (SSSR count). The van der Waals surface area contributed by atoms with Crippen molar-refractivity contribution in [2.75, 3.05) is 7.11 Å². The summed E-state index contributed by atoms with van der Waals surface area (Å²) in [6, 6.07) is 10.0. The van der Waals surface area contributed by atoms with Crippen molar-refractivity contribution in [1.82, 2.24) is 9.97 Å². The third-order valence-electron chi connectivity index (χ3n) is 11.6. The molecule has 4 aliphatic rings. The molecule has 0 unspecified atom stereocenters. The molecule has 3 heterocycles. The highest BCUT2D eigenvalue weighted by atomic mass is 16.5. The van der Waals surface area contributed by atoms with Gasteiger partial charge in [-0.1, -0.05) is 13.0 Å². The van der Waals surface area contributed by atoms with Gasteiger partial charge in [-0.2, -0.15) is 0 Å². The van der Waals surface area contributed by atoms with Gasteiger partial charge < -0.3 is 19.4 Å². The second kappa shape index (κ2) is 12.9. The number of aliphatic imine (C=N–C) groups is 1. The van der Waals surface area contributed by atoms with E-state index in [0.717, 1.165) is 66.9 Å². The summed E-state index contributed by atoms with van der Waals surface area (Å²) in [5.74, 6) is 3.10. The number of ketones is 2. The predicted molar refractivity (Wildman–Crippen MR) is 185 cm³/mol. The molecule has 0 radical (unpaired) electrons. The van der Waals surface area contributed by atoms with Crippen LogP contribution in [-0.4, -0.2) is 40.3 Å². The van der Waals surface area contributed by atoms with Crippen molar-refractivity contribution in [2.24, 2.45) is 22.2 Å². The summed E-state index contributed by atoms with van der Waals surface area (Å²) >= 11 is 0. The number of unbranched alkanes of at least 4 members (excludes halogenated alkanes) is 1. The molecular weight excluding hydrogens is 602 g/mol. The van der Waals surface area contributed by atoms with Crippen LogP contribution in [0, 0.1) is 31.1 Å². The summed E-state index contributed by atoms with van der Waals surface area (Å²) in [5, 5.41) is 0. The number of esters is 1. The molecule has 0 bridgehead atoms. The Hall–Kier alpha value is -4.46. The maximum atomic E-state index is 13.3. The molecule has 2 saturated carbocycles. The van der Waals surface area contributed by atoms with Gasteiger partial charge in [0.1, 0.15) is 23.0 Å². The van der Waals surface area contributed by atoms with Crippen LogP contribution in [0.1, 0.15) is 115 Å². The van der Waals surface area contributed by atoms with E-state index < -0.39 is 0 Å². The average Bonchev–Trinajstić information content (AvgIpc) is 3.86. The first-order chi connectivity index (χ1) is 23.2. The summed E-state index contributed by atoms with van der Waals surface area (Å²) in [4.78, 5) is 50.0. The second-order valence-corrected chi connectivity index (χ2v) is 14.3. The summed E-state index contributed by atoms with van der Waals surface area (Å²) in [7, 11) is 1.62. The van der Waals surface area contributed by atoms with Crippen molar-refractivity contribution in [3.05, 3.63) is 93.4 Å². The molecule has 2 fully saturated rings. The fourth-order valence-electron chi connectivity index (χ4n) is 9.04. The molecule has 0 spiro atoms. The molecular formula is C40H45N3O5. The van der Waals surface area contributed by atoms with Crippen LogP contribution in [0.25, 0.3) is 6.08 Å². The number of Topliss-reactive ketones (excluding diaryl/α,β-unsaturated/α-hetero) is 2. The van der Waals surface area contributed by atoms with E-state index in [-0.39, 0.29) is 23.6 Å². The van der Waals surface area contributed by atoms with Gasteiger partial charge in [0.2, 0.25) is 0 Å². The predicted octanol–water partition coefficient (Wildman–Crippen LogP) is 8.11. The number of aromatic nitrogens is 2. The molecule has 1 aromatic carbocycles. The zero-order valence-corrected chi connectivity index (χ0v) is 28.4. The number of allylic oxidation sites excluding steroid dienone is 1. The smallest absolute Gasteiger partial charge is 0.311 e. The number of nitrogens with one attached hydrogen (secondary N) is 2. The fraction of sp³-hybridized carbons (Fsp3) is 0.450. The molecule has 250 valence electrons. The van der Waals surface area contributed by atoms with Gasteiger partial charge in [-0.3, -0.25) is 14.4 Å². The Morgan fingerprint density at radius 1 is 1.08 bits per heavy atom. The van der Waals surface area contributed by atoms with E-state index in [4.69, 9.17) is 14.5 Å². The highest BCUT2D eigenvalue weighted by molar-refractivity contribution is 6.11. The number of hydrogen-bond acceptors (Lipinski definition) is 6. The summed E-state index contributed by atoms with van der Waals surface area (Å²) in [5.41, 5.74) is 8.14. The summed E-state index contributed by atoms with van der Waals surface area (Å²) in [6.45, 7) is 6.06. The van der Waals surface area contributed by atoms with Gasteiger partial charge in [-0.05, 0) is 124 Å². The molecule has 8 nitrogen and oxygen atoms in total. The molecule has 2 N–H and O–H groups in total. The Morgan fingerprint density at radius 3 is 2.71 bits per heavy atom. The first-order valence-electron chi connectivity index (χ1n) is 17.5. The monoisotopic (exact) mass is 647 g/mol. The van der Waals surface area contributed by atoms with Crippen LogP contribution in [-0.2, 0) is 20.7 Å². The summed E-state index contributed by atoms with van der Waals surface area (Å²) in [6.07, 6.45) is 13.4. The third kappa shape index (κ3) is 5.80. The lowest BCUT2D eigenvalue weighted by Gasteiger charge is -2.48. The van der Waals surface area contributed by atoms with Crippen molar-refractivity contribution < 1.29 is 23.9 Å². The van der Waals surface area contributed by atoms with Gasteiger partial charge in [0.25, 0.3) is 0 Å². The maximum Gasteiger partial charge on any atom is 0.311 e. The number of carbonyl (C=O) groups excluding carboxylic acids is 3. The summed E-state index contributed by atoms with van der Waals surface area (Å²) < 4.78 is 11.3. The minimum atomic E-state index is -0.269. The number of ether oxygens (including phenoxy) is 2. The second-order valence-electron chi connectivity index (χ2n) is 14.3. The van der Waals surface area contributed by atoms with E-state index in [2.05, 4.69) is 23.0 Å². The number of carbonyl (C=O) groups is 3. The van der Waals surface area contributed by atoms with Crippen molar-refractivity contribution in [2.45, 2.75) is 90.9 Å². The zero-order chi connectivity index (χ0) is 33.6. The third-order valence-corrected chi connectivity index (χ3v) is 11.6. The lowest BCUT2D eigenvalue weighted by molar-refractivity contribution is -0.134. The quantitative estimate of drug-likeness (QED) is 0.0999. The molecule has 3 aromatic rings. The topological polar surface area (TPSA) is 114 Å². The molecule has 3 aliphatic carbocycles. The van der Waals surface area contributed by atoms with Gasteiger partial charge in [0, 0.05) is 53.9 Å². The number of aryl methyl sites for hydroxylation is 2. The standard InChI is InChI=1S/C40H45N3O5/c1-23-32(21-34-36(47-4)22-33(43-34)31-8-7-19-41-31)42-24(2)39(23)35(44)9-5-6-10-38(46)48-26-12-14-27-25(20-26)11-13-29-28(27)17-18-40(3)30(29)15-16-37(40)45/h7-8,12,14,19-22,28-30,41-42H,5-6,9-11,13,15-18H2,1-4H3/t28-,29-,30+,40+/m1/s1. The Kier molecular flexibility index (Phi) is 8.60. The molecule has 8 heteroatoms. The Morgan fingerprint density at radius 2 is 1.92 bits per heavy atom. The van der Waals surface area contributed by atoms with Crippen LogP contribution in [0.2, 0.25) is 0 Å². The SMILES string of the molecule is COC1=CC(c2ccc[nH]2)=NC1=Cc1[nH]c(C)c(C(=O)CCCCC(=O)Oc2ccc3c(c2)CC[C@@H]2[C@@H]3CC[C@]3(C)C(=O)CC[C@@H]23)c1C. The number of hydrogen-bond donors (Lipinski definition) is 2. The van der Waals surface area contributed by atoms with E-state index in [1.165, 1.54) is 11.1 Å². The maximum absolute atomic E-state index is 13.3. The van der Waals surface area contributed by atoms with E-state index >= 15 is 0 Å². The van der Waals surface area contributed by atoms with Crippen LogP contribution in [0.3, 0.4) is 0 Å². The Bertz CT molecular complexity index is 1860. The number of methoxy groups -OCH3 is 1. The zero-order valence-electron chi connectivity index (χ0n) is 28.4. The number of nitrogens with zero attached hydrogens (tertiary/aromatic N) is 1. The number of benzene rings is 1. The van der Waals surface area contributed by atoms with Crippen LogP contribution in [0.5, 0.6) is 5.75 Å². The van der Waals surface area contributed by atoms with Crippen molar-refractivity contribution >= 4 is 29.3 Å². The first kappa shape index (κ1) is 32.1. The Labute approximate surface area is 282 Å². The highest BCUT2D eigenvalue weighted by Gasteiger charge is 2.54. The molecule has 48 heavy (non-hydrogen) atoms. The number of fused-ring (bicyclic) bond motifs is 5. The van der Waals surface area contributed by atoms with E-state index in [9.17, 15) is 14.4 Å². The van der Waals surface area contributed by atoms with E-state index in [1.807, 2.05) is 56.5 Å². The number of rotatable bonds is 10. The van der Waals surface area contributed by atoms with Crippen LogP contribution in [0.15, 0.2) is 59.1 Å². The lowest BCUT2D eigenvalue weighted by Crippen LogP contribution is -2.42. The van der Waals surface area contributed by atoms with Crippen molar-refractivity contribution in [3.63, 3.8) is 0 Å². The highest BCUT2D eigenvalue weighted by Crippen LogP contribution is 2.59. The normalized spacial score (nSPS) is 25.3. The van der Waals surface area contributed by atoms with Gasteiger partial charge >= 0.3 is 5.97 Å². The number of aromatic amines is 2. The molecule has 2 aromatic heterocycles. The lowest BCUT2D eigenvalue weighted by atomic mass is 9.55. The van der Waals surface area contributed by atoms with Crippen molar-refractivity contribution in [1.29, 1.82) is 0 Å². The van der Waals surface area contributed by atoms with Crippen LogP contribution >= 0.6 is 0 Å². The van der Waals surface area contributed by atoms with Gasteiger partial charge in [0.05, 0.1) is 18.5 Å². The van der Waals surface area contributed by atoms with E-state index in [1.54, 1.807) is 7.11 Å². The van der Waals surface area contributed by atoms with Crippen LogP contribution in [0.4, 0.5) is 0 Å². The Balaban J connectivity index is 0.919. The van der Waals surface area contributed by atoms with Gasteiger partial charge in [-0.15, -0.1) is 0 Å². The molecule has 4 atom stereocenters. The first-order valence-corrected chi connectivity index (χ1v) is 17.5. The number of H-pyrrole nitrogens is 2. The fourth-order valence-corrected chi connectivity index (χ4v) is 9.04. The van der Waals surface area contributed by atoms with E-state index in [0.29, 0.717) is 65.6 Å². The van der Waals surface area contributed by atoms with Gasteiger partial charge in [0.15, 0.2) is 5.78 Å². The molecule has 0 amide bonds.